The second-order valence-electron chi connectivity index (χ2n) is 4.07. The molecule has 0 atom stereocenters. The van der Waals surface area contributed by atoms with Crippen molar-refractivity contribution in [1.82, 2.24) is 9.78 Å². The lowest BCUT2D eigenvalue weighted by atomic mass is 10.2. The summed E-state index contributed by atoms with van der Waals surface area (Å²) < 4.78 is 14.8. The lowest BCUT2D eigenvalue weighted by Gasteiger charge is -2.01. The van der Waals surface area contributed by atoms with Crippen LogP contribution in [0, 0.1) is 5.82 Å². The van der Waals surface area contributed by atoms with E-state index >= 15 is 0 Å². The second kappa shape index (κ2) is 5.59. The highest BCUT2D eigenvalue weighted by Crippen LogP contribution is 2.07. The molecule has 0 bridgehead atoms. The van der Waals surface area contributed by atoms with Crippen molar-refractivity contribution >= 4 is 0 Å². The summed E-state index contributed by atoms with van der Waals surface area (Å²) in [5, 5.41) is 4.25. The van der Waals surface area contributed by atoms with Crippen LogP contribution in [-0.4, -0.2) is 16.3 Å². The molecule has 90 valence electrons. The Morgan fingerprint density at radius 3 is 2.94 bits per heavy atom. The van der Waals surface area contributed by atoms with Gasteiger partial charge in [-0.05, 0) is 42.6 Å². The van der Waals surface area contributed by atoms with Crippen LogP contribution in [0.3, 0.4) is 0 Å². The van der Waals surface area contributed by atoms with Gasteiger partial charge < -0.3 is 5.73 Å². The van der Waals surface area contributed by atoms with Gasteiger partial charge in [0.25, 0.3) is 0 Å². The van der Waals surface area contributed by atoms with Crippen LogP contribution in [0.25, 0.3) is 0 Å². The fourth-order valence-electron chi connectivity index (χ4n) is 1.75. The molecule has 17 heavy (non-hydrogen) atoms. The van der Waals surface area contributed by atoms with Crippen LogP contribution in [0.1, 0.15) is 17.5 Å². The zero-order valence-corrected chi connectivity index (χ0v) is 9.64. The molecular weight excluding hydrogens is 217 g/mol. The minimum atomic E-state index is -0.210. The first kappa shape index (κ1) is 11.8. The van der Waals surface area contributed by atoms with Gasteiger partial charge in [0.1, 0.15) is 5.82 Å². The Balaban J connectivity index is 2.01. The van der Waals surface area contributed by atoms with Gasteiger partial charge in [-0.25, -0.2) is 4.39 Å². The number of aromatic nitrogens is 2. The molecule has 1 heterocycles. The second-order valence-corrected chi connectivity index (χ2v) is 4.07. The molecule has 2 rings (SSSR count). The molecule has 1 aromatic heterocycles. The molecule has 0 saturated heterocycles. The van der Waals surface area contributed by atoms with Crippen molar-refractivity contribution in [3.63, 3.8) is 0 Å². The molecule has 0 unspecified atom stereocenters. The van der Waals surface area contributed by atoms with E-state index in [9.17, 15) is 4.39 Å². The quantitative estimate of drug-likeness (QED) is 0.858. The minimum absolute atomic E-state index is 0.210. The molecule has 0 radical (unpaired) electrons. The van der Waals surface area contributed by atoms with Gasteiger partial charge >= 0.3 is 0 Å². The van der Waals surface area contributed by atoms with Crippen molar-refractivity contribution in [1.29, 1.82) is 0 Å². The SMILES string of the molecule is NCCCc1cnn(Cc2cccc(F)c2)c1. The maximum absolute atomic E-state index is 13.0. The third kappa shape index (κ3) is 3.39. The maximum Gasteiger partial charge on any atom is 0.123 e. The van der Waals surface area contributed by atoms with Crippen molar-refractivity contribution in [2.45, 2.75) is 19.4 Å². The standard InChI is InChI=1S/C13H16FN3/c14-13-5-1-3-11(7-13)9-17-10-12(8-16-17)4-2-6-15/h1,3,5,7-8,10H,2,4,6,9,15H2. The predicted molar refractivity (Wildman–Crippen MR) is 65.1 cm³/mol. The molecular formula is C13H16FN3. The van der Waals surface area contributed by atoms with Gasteiger partial charge in [-0.3, -0.25) is 4.68 Å². The van der Waals surface area contributed by atoms with Crippen LogP contribution in [0.5, 0.6) is 0 Å². The molecule has 1 aromatic carbocycles. The van der Waals surface area contributed by atoms with Gasteiger partial charge in [0.15, 0.2) is 0 Å². The van der Waals surface area contributed by atoms with Crippen molar-refractivity contribution in [2.24, 2.45) is 5.73 Å². The summed E-state index contributed by atoms with van der Waals surface area (Å²) in [5.41, 5.74) is 7.54. The van der Waals surface area contributed by atoms with Crippen LogP contribution >= 0.6 is 0 Å². The number of rotatable bonds is 5. The van der Waals surface area contributed by atoms with Crippen LogP contribution in [-0.2, 0) is 13.0 Å². The molecule has 0 saturated carbocycles. The van der Waals surface area contributed by atoms with Gasteiger partial charge in [-0.2, -0.15) is 5.10 Å². The largest absolute Gasteiger partial charge is 0.330 e. The fraction of sp³-hybridized carbons (Fsp3) is 0.308. The third-order valence-electron chi connectivity index (χ3n) is 2.59. The molecule has 0 aliphatic carbocycles. The average molecular weight is 233 g/mol. The monoisotopic (exact) mass is 233 g/mol. The zero-order valence-electron chi connectivity index (χ0n) is 9.64. The van der Waals surface area contributed by atoms with Gasteiger partial charge in [-0.1, -0.05) is 12.1 Å². The Kier molecular flexibility index (Phi) is 3.88. The van der Waals surface area contributed by atoms with E-state index in [4.69, 9.17) is 5.73 Å². The lowest BCUT2D eigenvalue weighted by Crippen LogP contribution is -2.01. The van der Waals surface area contributed by atoms with Crippen molar-refractivity contribution in [3.05, 3.63) is 53.6 Å². The van der Waals surface area contributed by atoms with Crippen LogP contribution in [0.4, 0.5) is 4.39 Å². The molecule has 4 heteroatoms. The molecule has 3 nitrogen and oxygen atoms in total. The summed E-state index contributed by atoms with van der Waals surface area (Å²) in [6.45, 7) is 1.29. The van der Waals surface area contributed by atoms with Crippen LogP contribution < -0.4 is 5.73 Å². The normalized spacial score (nSPS) is 10.7. The molecule has 0 spiro atoms. The molecule has 0 aliphatic heterocycles. The first-order valence-electron chi connectivity index (χ1n) is 5.74. The number of hydrogen-bond acceptors (Lipinski definition) is 2. The van der Waals surface area contributed by atoms with Crippen LogP contribution in [0.15, 0.2) is 36.7 Å². The van der Waals surface area contributed by atoms with E-state index in [0.717, 1.165) is 18.4 Å². The Labute approximate surface area is 100 Å². The van der Waals surface area contributed by atoms with E-state index in [1.807, 2.05) is 23.1 Å². The van der Waals surface area contributed by atoms with E-state index in [2.05, 4.69) is 5.10 Å². The molecule has 2 aromatic rings. The van der Waals surface area contributed by atoms with E-state index < -0.39 is 0 Å². The smallest absolute Gasteiger partial charge is 0.123 e. The molecule has 0 fully saturated rings. The Bertz CT molecular complexity index is 479. The fourth-order valence-corrected chi connectivity index (χ4v) is 1.75. The maximum atomic E-state index is 13.0. The van der Waals surface area contributed by atoms with Crippen LogP contribution in [0.2, 0.25) is 0 Å². The molecule has 2 N–H and O–H groups in total. The van der Waals surface area contributed by atoms with E-state index in [0.29, 0.717) is 13.1 Å². The van der Waals surface area contributed by atoms with E-state index in [1.165, 1.54) is 17.7 Å². The first-order valence-corrected chi connectivity index (χ1v) is 5.74. The minimum Gasteiger partial charge on any atom is -0.330 e. The number of nitrogens with two attached hydrogens (primary N) is 1. The summed E-state index contributed by atoms with van der Waals surface area (Å²) in [4.78, 5) is 0. The summed E-state index contributed by atoms with van der Waals surface area (Å²) >= 11 is 0. The highest BCUT2D eigenvalue weighted by Gasteiger charge is 2.00. The summed E-state index contributed by atoms with van der Waals surface area (Å²) in [5.74, 6) is -0.210. The number of benzene rings is 1. The lowest BCUT2D eigenvalue weighted by molar-refractivity contribution is 0.619. The number of nitrogens with zero attached hydrogens (tertiary/aromatic N) is 2. The number of aryl methyl sites for hydroxylation is 1. The number of halogens is 1. The van der Waals surface area contributed by atoms with Gasteiger partial charge in [0.2, 0.25) is 0 Å². The Morgan fingerprint density at radius 2 is 2.18 bits per heavy atom. The third-order valence-corrected chi connectivity index (χ3v) is 2.59. The Hall–Kier alpha value is -1.68. The summed E-state index contributed by atoms with van der Waals surface area (Å²) in [7, 11) is 0. The molecule has 0 amide bonds. The average Bonchev–Trinajstić information content (AvgIpc) is 2.74. The predicted octanol–water partition coefficient (Wildman–Crippen LogP) is 1.96. The molecule has 0 aliphatic rings. The van der Waals surface area contributed by atoms with Crippen molar-refractivity contribution < 1.29 is 4.39 Å². The highest BCUT2D eigenvalue weighted by atomic mass is 19.1. The van der Waals surface area contributed by atoms with Gasteiger partial charge in [0, 0.05) is 6.20 Å². The Morgan fingerprint density at radius 1 is 1.29 bits per heavy atom. The first-order chi connectivity index (χ1) is 8.28. The van der Waals surface area contributed by atoms with Crippen molar-refractivity contribution in [3.8, 4) is 0 Å². The van der Waals surface area contributed by atoms with E-state index in [-0.39, 0.29) is 5.82 Å². The van der Waals surface area contributed by atoms with Crippen molar-refractivity contribution in [2.75, 3.05) is 6.54 Å². The summed E-state index contributed by atoms with van der Waals surface area (Å²) in [6, 6.07) is 6.58. The summed E-state index contributed by atoms with van der Waals surface area (Å²) in [6.07, 6.45) is 5.74. The van der Waals surface area contributed by atoms with Gasteiger partial charge in [0.05, 0.1) is 12.7 Å². The topological polar surface area (TPSA) is 43.8 Å². The zero-order chi connectivity index (χ0) is 12.1. The van der Waals surface area contributed by atoms with Gasteiger partial charge in [-0.15, -0.1) is 0 Å². The van der Waals surface area contributed by atoms with E-state index in [1.54, 1.807) is 6.07 Å². The highest BCUT2D eigenvalue weighted by molar-refractivity contribution is 5.17. The number of hydrogen-bond donors (Lipinski definition) is 1.